The van der Waals surface area contributed by atoms with E-state index in [1.807, 2.05) is 25.1 Å². The van der Waals surface area contributed by atoms with Crippen molar-refractivity contribution in [1.82, 2.24) is 19.3 Å². The lowest BCUT2D eigenvalue weighted by Crippen LogP contribution is -2.24. The maximum atomic E-state index is 11.7. The molecule has 0 atom stereocenters. The smallest absolute Gasteiger partial charge is 0.282 e. The van der Waals surface area contributed by atoms with E-state index in [-0.39, 0.29) is 5.69 Å². The molecule has 0 aromatic carbocycles. The fourth-order valence-corrected chi connectivity index (χ4v) is 1.51. The maximum Gasteiger partial charge on any atom is 0.345 e. The third-order valence-corrected chi connectivity index (χ3v) is 2.56. The van der Waals surface area contributed by atoms with Gasteiger partial charge < -0.3 is 0 Å². The average molecular weight is 218 g/mol. The molecule has 0 bridgehead atoms. The fourth-order valence-electron chi connectivity index (χ4n) is 1.51. The molecule has 0 saturated carbocycles. The summed E-state index contributed by atoms with van der Waals surface area (Å²) in [6.07, 6.45) is 2.47. The van der Waals surface area contributed by atoms with Gasteiger partial charge in [0.15, 0.2) is 0 Å². The van der Waals surface area contributed by atoms with Gasteiger partial charge in [0.05, 0.1) is 6.54 Å². The van der Waals surface area contributed by atoms with Gasteiger partial charge in [0, 0.05) is 25.4 Å². The SMILES string of the molecule is Cc1nn(CCc2ccccn2)c(=O)n1C. The molecule has 0 amide bonds. The first kappa shape index (κ1) is 10.6. The van der Waals surface area contributed by atoms with Gasteiger partial charge in [-0.25, -0.2) is 9.48 Å². The minimum atomic E-state index is -0.0755. The molecule has 0 aliphatic heterocycles. The number of hydrogen-bond acceptors (Lipinski definition) is 3. The highest BCUT2D eigenvalue weighted by Crippen LogP contribution is 1.96. The van der Waals surface area contributed by atoms with Gasteiger partial charge in [-0.3, -0.25) is 9.55 Å². The zero-order valence-electron chi connectivity index (χ0n) is 9.42. The largest absolute Gasteiger partial charge is 0.345 e. The molecule has 5 heteroatoms. The highest BCUT2D eigenvalue weighted by molar-refractivity contribution is 5.03. The number of nitrogens with zero attached hydrogens (tertiary/aromatic N) is 4. The van der Waals surface area contributed by atoms with Gasteiger partial charge in [-0.05, 0) is 19.1 Å². The molecule has 0 spiro atoms. The highest BCUT2D eigenvalue weighted by Gasteiger charge is 2.05. The highest BCUT2D eigenvalue weighted by atomic mass is 16.2. The second-order valence-corrected chi connectivity index (χ2v) is 3.68. The van der Waals surface area contributed by atoms with Gasteiger partial charge in [-0.15, -0.1) is 0 Å². The third kappa shape index (κ3) is 2.03. The summed E-state index contributed by atoms with van der Waals surface area (Å²) >= 11 is 0. The number of aryl methyl sites for hydroxylation is 3. The Morgan fingerprint density at radius 2 is 2.19 bits per heavy atom. The summed E-state index contributed by atoms with van der Waals surface area (Å²) in [6, 6.07) is 5.76. The van der Waals surface area contributed by atoms with Gasteiger partial charge in [-0.2, -0.15) is 5.10 Å². The Kier molecular flexibility index (Phi) is 2.85. The van der Waals surface area contributed by atoms with E-state index in [9.17, 15) is 4.79 Å². The van der Waals surface area contributed by atoms with E-state index >= 15 is 0 Å². The van der Waals surface area contributed by atoms with Crippen molar-refractivity contribution in [1.29, 1.82) is 0 Å². The molecule has 0 N–H and O–H groups in total. The van der Waals surface area contributed by atoms with Crippen LogP contribution in [0.5, 0.6) is 0 Å². The van der Waals surface area contributed by atoms with E-state index in [4.69, 9.17) is 0 Å². The molecule has 0 radical (unpaired) electrons. The summed E-state index contributed by atoms with van der Waals surface area (Å²) in [5, 5.41) is 4.16. The van der Waals surface area contributed by atoms with Crippen LogP contribution in [0.3, 0.4) is 0 Å². The monoisotopic (exact) mass is 218 g/mol. The van der Waals surface area contributed by atoms with Crippen LogP contribution in [-0.4, -0.2) is 19.3 Å². The minimum absolute atomic E-state index is 0.0755. The summed E-state index contributed by atoms with van der Waals surface area (Å²) in [5.74, 6) is 0.728. The summed E-state index contributed by atoms with van der Waals surface area (Å²) in [6.45, 7) is 2.39. The van der Waals surface area contributed by atoms with Gasteiger partial charge in [0.25, 0.3) is 0 Å². The Morgan fingerprint density at radius 1 is 1.38 bits per heavy atom. The van der Waals surface area contributed by atoms with Crippen LogP contribution in [0.1, 0.15) is 11.5 Å². The quantitative estimate of drug-likeness (QED) is 0.755. The molecule has 0 aliphatic carbocycles. The van der Waals surface area contributed by atoms with Crippen LogP contribution < -0.4 is 5.69 Å². The van der Waals surface area contributed by atoms with Crippen molar-refractivity contribution in [2.75, 3.05) is 0 Å². The number of rotatable bonds is 3. The van der Waals surface area contributed by atoms with Crippen molar-refractivity contribution < 1.29 is 0 Å². The first-order valence-corrected chi connectivity index (χ1v) is 5.19. The van der Waals surface area contributed by atoms with E-state index in [1.165, 1.54) is 4.68 Å². The van der Waals surface area contributed by atoms with Crippen molar-refractivity contribution in [3.8, 4) is 0 Å². The van der Waals surface area contributed by atoms with E-state index in [0.717, 1.165) is 17.9 Å². The molecular weight excluding hydrogens is 204 g/mol. The molecule has 0 fully saturated rings. The second-order valence-electron chi connectivity index (χ2n) is 3.68. The predicted molar refractivity (Wildman–Crippen MR) is 60.1 cm³/mol. The van der Waals surface area contributed by atoms with Crippen LogP contribution in [0.25, 0.3) is 0 Å². The number of pyridine rings is 1. The van der Waals surface area contributed by atoms with Crippen LogP contribution in [0.4, 0.5) is 0 Å². The fraction of sp³-hybridized carbons (Fsp3) is 0.364. The zero-order valence-corrected chi connectivity index (χ0v) is 9.42. The van der Waals surface area contributed by atoms with Crippen LogP contribution in [0.2, 0.25) is 0 Å². The second kappa shape index (κ2) is 4.30. The first-order valence-electron chi connectivity index (χ1n) is 5.19. The Labute approximate surface area is 93.4 Å². The normalized spacial score (nSPS) is 10.6. The average Bonchev–Trinajstić information content (AvgIpc) is 2.56. The lowest BCUT2D eigenvalue weighted by atomic mass is 10.3. The Morgan fingerprint density at radius 3 is 2.75 bits per heavy atom. The van der Waals surface area contributed by atoms with Crippen molar-refractivity contribution in [3.63, 3.8) is 0 Å². The first-order chi connectivity index (χ1) is 7.68. The van der Waals surface area contributed by atoms with E-state index in [0.29, 0.717) is 6.54 Å². The van der Waals surface area contributed by atoms with Crippen LogP contribution in [-0.2, 0) is 20.0 Å². The molecule has 0 aliphatic rings. The van der Waals surface area contributed by atoms with Gasteiger partial charge >= 0.3 is 5.69 Å². The molecule has 0 saturated heterocycles. The molecule has 2 aromatic rings. The molecule has 2 aromatic heterocycles. The van der Waals surface area contributed by atoms with Gasteiger partial charge in [0.2, 0.25) is 0 Å². The summed E-state index contributed by atoms with van der Waals surface area (Å²) < 4.78 is 3.02. The minimum Gasteiger partial charge on any atom is -0.282 e. The topological polar surface area (TPSA) is 52.7 Å². The van der Waals surface area contributed by atoms with Crippen LogP contribution >= 0.6 is 0 Å². The van der Waals surface area contributed by atoms with Crippen molar-refractivity contribution in [2.24, 2.45) is 7.05 Å². The number of aromatic nitrogens is 4. The van der Waals surface area contributed by atoms with Gasteiger partial charge in [-0.1, -0.05) is 6.07 Å². The molecule has 84 valence electrons. The number of hydrogen-bond donors (Lipinski definition) is 0. The van der Waals surface area contributed by atoms with Crippen molar-refractivity contribution in [2.45, 2.75) is 19.9 Å². The van der Waals surface area contributed by atoms with E-state index in [1.54, 1.807) is 17.8 Å². The van der Waals surface area contributed by atoms with E-state index in [2.05, 4.69) is 10.1 Å². The third-order valence-electron chi connectivity index (χ3n) is 2.56. The summed E-state index contributed by atoms with van der Waals surface area (Å²) in [4.78, 5) is 15.9. The molecular formula is C11H14N4O. The van der Waals surface area contributed by atoms with Crippen molar-refractivity contribution >= 4 is 0 Å². The lowest BCUT2D eigenvalue weighted by Gasteiger charge is -1.99. The maximum absolute atomic E-state index is 11.7. The van der Waals surface area contributed by atoms with E-state index < -0.39 is 0 Å². The van der Waals surface area contributed by atoms with Gasteiger partial charge in [0.1, 0.15) is 5.82 Å². The van der Waals surface area contributed by atoms with Crippen LogP contribution in [0.15, 0.2) is 29.2 Å². The predicted octanol–water partition coefficient (Wildman–Crippen LogP) is 0.528. The molecule has 16 heavy (non-hydrogen) atoms. The molecule has 0 unspecified atom stereocenters. The van der Waals surface area contributed by atoms with Crippen molar-refractivity contribution in [3.05, 3.63) is 46.4 Å². The Balaban J connectivity index is 2.11. The standard InChI is InChI=1S/C11H14N4O/c1-9-13-15(11(16)14(9)2)8-6-10-5-3-4-7-12-10/h3-5,7H,6,8H2,1-2H3. The summed E-state index contributed by atoms with van der Waals surface area (Å²) in [5.41, 5.74) is 0.895. The Hall–Kier alpha value is -1.91. The molecule has 2 rings (SSSR count). The van der Waals surface area contributed by atoms with Crippen LogP contribution in [0, 0.1) is 6.92 Å². The molecule has 5 nitrogen and oxygen atoms in total. The lowest BCUT2D eigenvalue weighted by molar-refractivity contribution is 0.578. The Bertz CT molecular complexity index is 527. The summed E-state index contributed by atoms with van der Waals surface area (Å²) in [7, 11) is 1.72. The molecule has 2 heterocycles. The zero-order chi connectivity index (χ0) is 11.5.